The topological polar surface area (TPSA) is 38.5 Å². The van der Waals surface area contributed by atoms with Crippen LogP contribution >= 0.6 is 15.9 Å². The second-order valence-electron chi connectivity index (χ2n) is 4.62. The third-order valence-electron chi connectivity index (χ3n) is 3.15. The summed E-state index contributed by atoms with van der Waals surface area (Å²) >= 11 is 3.44. The lowest BCUT2D eigenvalue weighted by atomic mass is 10.0. The molecule has 4 heteroatoms. The Hall–Kier alpha value is -0.420. The zero-order chi connectivity index (χ0) is 12.9. The van der Waals surface area contributed by atoms with Gasteiger partial charge in [-0.15, -0.1) is 0 Å². The molecule has 1 aromatic rings. The largest absolute Gasteiger partial charge is 0.383 e. The highest BCUT2D eigenvalue weighted by atomic mass is 79.9. The third-order valence-corrected chi connectivity index (χ3v) is 3.68. The smallest absolute Gasteiger partial charge is 0.0656 e. The molecule has 0 spiro atoms. The van der Waals surface area contributed by atoms with E-state index < -0.39 is 0 Å². The molecular formula is C13H21BrN2O. The van der Waals surface area contributed by atoms with Gasteiger partial charge in [-0.1, -0.05) is 28.1 Å². The lowest BCUT2D eigenvalue weighted by Gasteiger charge is -2.37. The molecule has 0 radical (unpaired) electrons. The number of benzene rings is 1. The monoisotopic (exact) mass is 300 g/mol. The van der Waals surface area contributed by atoms with Gasteiger partial charge in [0.05, 0.1) is 12.1 Å². The van der Waals surface area contributed by atoms with Gasteiger partial charge in [0.25, 0.3) is 0 Å². The summed E-state index contributed by atoms with van der Waals surface area (Å²) in [6.45, 7) is 4.20. The highest BCUT2D eigenvalue weighted by Crippen LogP contribution is 2.17. The van der Waals surface area contributed by atoms with Crippen molar-refractivity contribution in [1.29, 1.82) is 0 Å². The van der Waals surface area contributed by atoms with E-state index in [1.54, 1.807) is 7.11 Å². The highest BCUT2D eigenvalue weighted by Gasteiger charge is 2.27. The first-order valence-corrected chi connectivity index (χ1v) is 6.46. The Morgan fingerprint density at radius 3 is 2.41 bits per heavy atom. The third kappa shape index (κ3) is 4.07. The van der Waals surface area contributed by atoms with Crippen LogP contribution in [0.15, 0.2) is 28.7 Å². The minimum absolute atomic E-state index is 0.123. The first-order chi connectivity index (χ1) is 8.01. The molecule has 0 saturated heterocycles. The maximum atomic E-state index is 5.84. The second-order valence-corrected chi connectivity index (χ2v) is 5.53. The van der Waals surface area contributed by atoms with Crippen LogP contribution in [-0.2, 0) is 11.3 Å². The van der Waals surface area contributed by atoms with Gasteiger partial charge < -0.3 is 10.5 Å². The molecule has 1 aromatic carbocycles. The van der Waals surface area contributed by atoms with Crippen molar-refractivity contribution >= 4 is 15.9 Å². The molecule has 17 heavy (non-hydrogen) atoms. The van der Waals surface area contributed by atoms with Gasteiger partial charge in [0.1, 0.15) is 0 Å². The second kappa shape index (κ2) is 6.50. The van der Waals surface area contributed by atoms with E-state index in [9.17, 15) is 0 Å². The number of hydrogen-bond acceptors (Lipinski definition) is 3. The van der Waals surface area contributed by atoms with Crippen molar-refractivity contribution in [3.05, 3.63) is 34.3 Å². The fourth-order valence-corrected chi connectivity index (χ4v) is 1.95. The molecule has 3 nitrogen and oxygen atoms in total. The number of rotatable bonds is 6. The predicted molar refractivity (Wildman–Crippen MR) is 74.9 cm³/mol. The molecule has 1 unspecified atom stereocenters. The van der Waals surface area contributed by atoms with E-state index in [2.05, 4.69) is 59.1 Å². The number of nitrogens with zero attached hydrogens (tertiary/aromatic N) is 1. The molecule has 96 valence electrons. The molecule has 0 fully saturated rings. The van der Waals surface area contributed by atoms with Crippen molar-refractivity contribution in [2.24, 2.45) is 5.73 Å². The van der Waals surface area contributed by atoms with Crippen LogP contribution in [0.25, 0.3) is 0 Å². The van der Waals surface area contributed by atoms with Crippen molar-refractivity contribution in [2.45, 2.75) is 19.0 Å². The molecular weight excluding hydrogens is 280 g/mol. The molecule has 0 aliphatic rings. The number of methoxy groups -OCH3 is 1. The minimum Gasteiger partial charge on any atom is -0.383 e. The Morgan fingerprint density at radius 1 is 1.35 bits per heavy atom. The van der Waals surface area contributed by atoms with Gasteiger partial charge in [0, 0.05) is 24.7 Å². The van der Waals surface area contributed by atoms with Crippen molar-refractivity contribution in [3.63, 3.8) is 0 Å². The molecule has 0 amide bonds. The summed E-state index contributed by atoms with van der Waals surface area (Å²) in [7, 11) is 3.79. The van der Waals surface area contributed by atoms with E-state index in [-0.39, 0.29) is 5.54 Å². The lowest BCUT2D eigenvalue weighted by Crippen LogP contribution is -2.52. The van der Waals surface area contributed by atoms with E-state index in [0.717, 1.165) is 11.0 Å². The number of hydrogen-bond donors (Lipinski definition) is 1. The van der Waals surface area contributed by atoms with Gasteiger partial charge in [-0.2, -0.15) is 0 Å². The molecule has 0 aromatic heterocycles. The standard InChI is InChI=1S/C13H21BrN2O/c1-13(9-15,10-17-3)16(2)8-11-4-6-12(14)7-5-11/h4-7H,8-10,15H2,1-3H3. The summed E-state index contributed by atoms with van der Waals surface area (Å²) in [6.07, 6.45) is 0. The summed E-state index contributed by atoms with van der Waals surface area (Å²) in [6, 6.07) is 8.34. The summed E-state index contributed by atoms with van der Waals surface area (Å²) in [4.78, 5) is 2.24. The van der Waals surface area contributed by atoms with E-state index >= 15 is 0 Å². The number of likely N-dealkylation sites (N-methyl/N-ethyl adjacent to an activating group) is 1. The Balaban J connectivity index is 2.69. The van der Waals surface area contributed by atoms with E-state index in [0.29, 0.717) is 13.2 Å². The van der Waals surface area contributed by atoms with Crippen molar-refractivity contribution in [3.8, 4) is 0 Å². The number of ether oxygens (including phenoxy) is 1. The van der Waals surface area contributed by atoms with Crippen molar-refractivity contribution < 1.29 is 4.74 Å². The van der Waals surface area contributed by atoms with E-state index in [4.69, 9.17) is 10.5 Å². The highest BCUT2D eigenvalue weighted by molar-refractivity contribution is 9.10. The first-order valence-electron chi connectivity index (χ1n) is 5.66. The first kappa shape index (κ1) is 14.6. The van der Waals surface area contributed by atoms with Crippen LogP contribution in [0.3, 0.4) is 0 Å². The van der Waals surface area contributed by atoms with Crippen LogP contribution in [0.4, 0.5) is 0 Å². The Morgan fingerprint density at radius 2 is 1.94 bits per heavy atom. The maximum absolute atomic E-state index is 5.84. The SMILES string of the molecule is COCC(C)(CN)N(C)Cc1ccc(Br)cc1. The minimum atomic E-state index is -0.123. The van der Waals surface area contributed by atoms with E-state index in [1.807, 2.05) is 0 Å². The van der Waals surface area contributed by atoms with Crippen LogP contribution in [0, 0.1) is 0 Å². The molecule has 1 atom stereocenters. The van der Waals surface area contributed by atoms with E-state index in [1.165, 1.54) is 5.56 Å². The van der Waals surface area contributed by atoms with Crippen LogP contribution < -0.4 is 5.73 Å². The average molecular weight is 301 g/mol. The molecule has 0 heterocycles. The molecule has 0 saturated carbocycles. The van der Waals surface area contributed by atoms with Gasteiger partial charge in [-0.3, -0.25) is 4.90 Å². The summed E-state index contributed by atoms with van der Waals surface area (Å²) in [5.74, 6) is 0. The zero-order valence-corrected chi connectivity index (χ0v) is 12.3. The van der Waals surface area contributed by atoms with Crippen molar-refractivity contribution in [1.82, 2.24) is 4.90 Å². The number of nitrogens with two attached hydrogens (primary N) is 1. The normalized spacial score (nSPS) is 14.9. The Bertz CT molecular complexity index is 342. The molecule has 0 aliphatic carbocycles. The lowest BCUT2D eigenvalue weighted by molar-refractivity contribution is 0.0391. The summed E-state index contributed by atoms with van der Waals surface area (Å²) in [5, 5.41) is 0. The van der Waals surface area contributed by atoms with Crippen LogP contribution in [0.5, 0.6) is 0 Å². The fourth-order valence-electron chi connectivity index (χ4n) is 1.69. The quantitative estimate of drug-likeness (QED) is 0.876. The van der Waals surface area contributed by atoms with Gasteiger partial charge in [-0.25, -0.2) is 0 Å². The molecule has 0 aliphatic heterocycles. The maximum Gasteiger partial charge on any atom is 0.0656 e. The predicted octanol–water partition coefficient (Wildman–Crippen LogP) is 2.24. The summed E-state index contributed by atoms with van der Waals surface area (Å²) in [5.41, 5.74) is 6.99. The Labute approximate surface area is 112 Å². The van der Waals surface area contributed by atoms with Crippen LogP contribution in [-0.4, -0.2) is 37.7 Å². The van der Waals surface area contributed by atoms with Crippen molar-refractivity contribution in [2.75, 3.05) is 27.3 Å². The fraction of sp³-hybridized carbons (Fsp3) is 0.538. The Kier molecular flexibility index (Phi) is 5.59. The van der Waals surface area contributed by atoms with Crippen LogP contribution in [0.2, 0.25) is 0 Å². The molecule has 2 N–H and O–H groups in total. The van der Waals surface area contributed by atoms with Gasteiger partial charge in [0.2, 0.25) is 0 Å². The summed E-state index contributed by atoms with van der Waals surface area (Å²) < 4.78 is 6.35. The zero-order valence-electron chi connectivity index (χ0n) is 10.7. The van der Waals surface area contributed by atoms with Gasteiger partial charge in [0.15, 0.2) is 0 Å². The van der Waals surface area contributed by atoms with Gasteiger partial charge >= 0.3 is 0 Å². The van der Waals surface area contributed by atoms with Gasteiger partial charge in [-0.05, 0) is 31.7 Å². The molecule has 1 rings (SSSR count). The average Bonchev–Trinajstić information content (AvgIpc) is 2.32. The number of halogens is 1. The molecule has 0 bridgehead atoms. The van der Waals surface area contributed by atoms with Crippen LogP contribution in [0.1, 0.15) is 12.5 Å².